The third kappa shape index (κ3) is 3.23. The van der Waals surface area contributed by atoms with Crippen molar-refractivity contribution in [1.29, 1.82) is 0 Å². The normalized spacial score (nSPS) is 14.9. The first-order valence-corrected chi connectivity index (χ1v) is 6.56. The van der Waals surface area contributed by atoms with Gasteiger partial charge in [-0.25, -0.2) is 0 Å². The number of rotatable bonds is 3. The maximum atomic E-state index is 5.66. The molecule has 0 aliphatic carbocycles. The van der Waals surface area contributed by atoms with Crippen molar-refractivity contribution in [2.75, 3.05) is 19.8 Å². The lowest BCUT2D eigenvalue weighted by Crippen LogP contribution is -1.97. The van der Waals surface area contributed by atoms with Crippen LogP contribution in [0.5, 0.6) is 11.5 Å². The van der Waals surface area contributed by atoms with E-state index in [9.17, 15) is 0 Å². The number of ether oxygens (including phenoxy) is 2. The zero-order chi connectivity index (χ0) is 12.1. The fourth-order valence-corrected chi connectivity index (χ4v) is 2.24. The minimum Gasteiger partial charge on any atom is -0.489 e. The van der Waals surface area contributed by atoms with E-state index in [0.29, 0.717) is 19.8 Å². The Bertz CT molecular complexity index is 418. The minimum absolute atomic E-state index is 0.669. The Morgan fingerprint density at radius 3 is 2.94 bits per heavy atom. The zero-order valence-corrected chi connectivity index (χ0v) is 11.2. The molecule has 0 fully saturated rings. The van der Waals surface area contributed by atoms with E-state index in [1.807, 2.05) is 18.2 Å². The molecule has 1 aliphatic rings. The Kier molecular flexibility index (Phi) is 4.45. The van der Waals surface area contributed by atoms with Gasteiger partial charge in [-0.15, -0.1) is 0 Å². The topological polar surface area (TPSA) is 44.5 Å². The first kappa shape index (κ1) is 12.5. The largest absolute Gasteiger partial charge is 0.489 e. The Labute approximate surface area is 110 Å². The highest BCUT2D eigenvalue weighted by molar-refractivity contribution is 9.10. The summed E-state index contributed by atoms with van der Waals surface area (Å²) in [6, 6.07) is 4.03. The van der Waals surface area contributed by atoms with Crippen LogP contribution in [0.2, 0.25) is 0 Å². The molecule has 1 aromatic carbocycles. The Morgan fingerprint density at radius 1 is 1.29 bits per heavy atom. The predicted molar refractivity (Wildman–Crippen MR) is 72.5 cm³/mol. The van der Waals surface area contributed by atoms with Crippen LogP contribution >= 0.6 is 15.9 Å². The lowest BCUT2D eigenvalue weighted by Gasteiger charge is -2.10. The van der Waals surface area contributed by atoms with Gasteiger partial charge in [0, 0.05) is 6.42 Å². The molecule has 92 valence electrons. The molecule has 2 rings (SSSR count). The van der Waals surface area contributed by atoms with Crippen LogP contribution in [0.25, 0.3) is 6.08 Å². The number of hydrogen-bond donors (Lipinski definition) is 1. The molecule has 0 aromatic heterocycles. The van der Waals surface area contributed by atoms with Crippen LogP contribution in [0.4, 0.5) is 0 Å². The second kappa shape index (κ2) is 6.07. The van der Waals surface area contributed by atoms with E-state index in [1.54, 1.807) is 0 Å². The van der Waals surface area contributed by atoms with E-state index in [4.69, 9.17) is 15.2 Å². The molecule has 3 nitrogen and oxygen atoms in total. The summed E-state index contributed by atoms with van der Waals surface area (Å²) in [4.78, 5) is 0. The molecule has 0 spiro atoms. The van der Waals surface area contributed by atoms with Crippen molar-refractivity contribution in [2.24, 2.45) is 5.73 Å². The first-order valence-electron chi connectivity index (χ1n) is 5.77. The Morgan fingerprint density at radius 2 is 2.12 bits per heavy atom. The molecular weight excluding hydrogens is 282 g/mol. The summed E-state index contributed by atoms with van der Waals surface area (Å²) >= 11 is 3.51. The Hall–Kier alpha value is -1.00. The van der Waals surface area contributed by atoms with Gasteiger partial charge in [0.25, 0.3) is 0 Å². The molecule has 1 aromatic rings. The summed E-state index contributed by atoms with van der Waals surface area (Å²) in [5, 5.41) is 0. The highest BCUT2D eigenvalue weighted by Gasteiger charge is 2.14. The van der Waals surface area contributed by atoms with Crippen molar-refractivity contribution in [1.82, 2.24) is 0 Å². The second-order valence-electron chi connectivity index (χ2n) is 3.86. The summed E-state index contributed by atoms with van der Waals surface area (Å²) in [7, 11) is 0. The Balaban J connectivity index is 2.25. The van der Waals surface area contributed by atoms with Gasteiger partial charge in [0.1, 0.15) is 0 Å². The molecule has 2 N–H and O–H groups in total. The van der Waals surface area contributed by atoms with Crippen molar-refractivity contribution in [2.45, 2.75) is 12.8 Å². The van der Waals surface area contributed by atoms with E-state index < -0.39 is 0 Å². The van der Waals surface area contributed by atoms with Crippen LogP contribution in [-0.2, 0) is 0 Å². The van der Waals surface area contributed by atoms with E-state index >= 15 is 0 Å². The van der Waals surface area contributed by atoms with Crippen molar-refractivity contribution in [3.8, 4) is 11.5 Å². The van der Waals surface area contributed by atoms with Crippen LogP contribution < -0.4 is 15.2 Å². The minimum atomic E-state index is 0.669. The molecule has 4 heteroatoms. The predicted octanol–water partition coefficient (Wildman–Crippen LogP) is 2.97. The molecule has 1 heterocycles. The lowest BCUT2D eigenvalue weighted by molar-refractivity contribution is 0.296. The summed E-state index contributed by atoms with van der Waals surface area (Å²) in [5.74, 6) is 1.61. The van der Waals surface area contributed by atoms with Crippen molar-refractivity contribution in [3.63, 3.8) is 0 Å². The number of nitrogens with two attached hydrogens (primary N) is 1. The van der Waals surface area contributed by atoms with Crippen LogP contribution in [0.15, 0.2) is 22.7 Å². The van der Waals surface area contributed by atoms with Crippen LogP contribution in [0.1, 0.15) is 18.4 Å². The fourth-order valence-electron chi connectivity index (χ4n) is 1.66. The zero-order valence-electron chi connectivity index (χ0n) is 9.62. The lowest BCUT2D eigenvalue weighted by atomic mass is 10.1. The number of halogens is 1. The van der Waals surface area contributed by atoms with Gasteiger partial charge in [-0.05, 0) is 46.6 Å². The molecule has 1 aliphatic heterocycles. The SMILES string of the molecule is NCCC=Cc1cc(Br)c2c(c1)OCCCO2. The highest BCUT2D eigenvalue weighted by Crippen LogP contribution is 2.38. The summed E-state index contributed by atoms with van der Waals surface area (Å²) in [6.07, 6.45) is 5.91. The smallest absolute Gasteiger partial charge is 0.175 e. The number of fused-ring (bicyclic) bond motifs is 1. The maximum absolute atomic E-state index is 5.66. The van der Waals surface area contributed by atoms with E-state index in [2.05, 4.69) is 22.0 Å². The van der Waals surface area contributed by atoms with E-state index in [-0.39, 0.29) is 0 Å². The first-order chi connectivity index (χ1) is 8.31. The van der Waals surface area contributed by atoms with Crippen LogP contribution in [0.3, 0.4) is 0 Å². The monoisotopic (exact) mass is 297 g/mol. The molecule has 0 saturated heterocycles. The summed E-state index contributed by atoms with van der Waals surface area (Å²) < 4.78 is 12.2. The fraction of sp³-hybridized carbons (Fsp3) is 0.385. The third-order valence-electron chi connectivity index (χ3n) is 2.47. The molecule has 0 unspecified atom stereocenters. The quantitative estimate of drug-likeness (QED) is 0.933. The van der Waals surface area contributed by atoms with Gasteiger partial charge in [-0.2, -0.15) is 0 Å². The standard InChI is InChI=1S/C13H16BrNO2/c14-11-8-10(4-1-2-5-15)9-12-13(11)17-7-3-6-16-12/h1,4,8-9H,2-3,5-7,15H2. The van der Waals surface area contributed by atoms with Gasteiger partial charge in [-0.1, -0.05) is 12.2 Å². The maximum Gasteiger partial charge on any atom is 0.175 e. The summed E-state index contributed by atoms with van der Waals surface area (Å²) in [5.41, 5.74) is 6.54. The number of hydrogen-bond acceptors (Lipinski definition) is 3. The second-order valence-corrected chi connectivity index (χ2v) is 4.71. The van der Waals surface area contributed by atoms with E-state index in [0.717, 1.165) is 34.4 Å². The highest BCUT2D eigenvalue weighted by atomic mass is 79.9. The molecular formula is C13H16BrNO2. The molecule has 0 atom stereocenters. The van der Waals surface area contributed by atoms with Gasteiger partial charge >= 0.3 is 0 Å². The summed E-state index contributed by atoms with van der Waals surface area (Å²) in [6.45, 7) is 2.07. The van der Waals surface area contributed by atoms with Gasteiger partial charge in [0.05, 0.1) is 17.7 Å². The average molecular weight is 298 g/mol. The van der Waals surface area contributed by atoms with Gasteiger partial charge < -0.3 is 15.2 Å². The van der Waals surface area contributed by atoms with Crippen LogP contribution in [-0.4, -0.2) is 19.8 Å². The molecule has 0 saturated carbocycles. The molecule has 0 amide bonds. The van der Waals surface area contributed by atoms with Gasteiger partial charge in [-0.3, -0.25) is 0 Å². The average Bonchev–Trinajstić information content (AvgIpc) is 2.55. The molecule has 17 heavy (non-hydrogen) atoms. The number of benzene rings is 1. The third-order valence-corrected chi connectivity index (χ3v) is 3.06. The van der Waals surface area contributed by atoms with Crippen molar-refractivity contribution in [3.05, 3.63) is 28.2 Å². The molecule has 0 radical (unpaired) electrons. The van der Waals surface area contributed by atoms with Gasteiger partial charge in [0.15, 0.2) is 11.5 Å². The van der Waals surface area contributed by atoms with Crippen molar-refractivity contribution < 1.29 is 9.47 Å². The van der Waals surface area contributed by atoms with Gasteiger partial charge in [0.2, 0.25) is 0 Å². The molecule has 0 bridgehead atoms. The van der Waals surface area contributed by atoms with Crippen LogP contribution in [0, 0.1) is 0 Å². The van der Waals surface area contributed by atoms with E-state index in [1.165, 1.54) is 0 Å². The van der Waals surface area contributed by atoms with Crippen molar-refractivity contribution >= 4 is 22.0 Å².